The van der Waals surface area contributed by atoms with E-state index in [9.17, 15) is 19.3 Å². The Balaban J connectivity index is 3.07. The maximum absolute atomic E-state index is 13.7. The third-order valence-electron chi connectivity index (χ3n) is 2.35. The molecule has 0 aromatic heterocycles. The minimum absolute atomic E-state index is 0.168. The lowest BCUT2D eigenvalue weighted by Crippen LogP contribution is -2.24. The van der Waals surface area contributed by atoms with Crippen molar-refractivity contribution in [2.24, 2.45) is 0 Å². The number of ether oxygens (including phenoxy) is 1. The van der Waals surface area contributed by atoms with E-state index in [0.29, 0.717) is 5.56 Å². The van der Waals surface area contributed by atoms with Crippen LogP contribution in [0.4, 0.5) is 10.1 Å². The number of halogens is 1. The average molecular weight is 281 g/mol. The second-order valence-electron chi connectivity index (χ2n) is 5.29. The van der Waals surface area contributed by atoms with Crippen molar-refractivity contribution in [3.63, 3.8) is 0 Å². The van der Waals surface area contributed by atoms with E-state index in [-0.39, 0.29) is 11.3 Å². The zero-order chi connectivity index (χ0) is 15.5. The Morgan fingerprint density at radius 3 is 2.50 bits per heavy atom. The first-order chi connectivity index (χ1) is 9.10. The van der Waals surface area contributed by atoms with Gasteiger partial charge in [0, 0.05) is 12.1 Å². The lowest BCUT2D eigenvalue weighted by Gasteiger charge is -2.18. The second kappa shape index (κ2) is 5.81. The van der Waals surface area contributed by atoms with Crippen LogP contribution >= 0.6 is 0 Å². The molecule has 0 aliphatic rings. The van der Waals surface area contributed by atoms with Gasteiger partial charge in [-0.15, -0.1) is 0 Å². The first-order valence-electron chi connectivity index (χ1n) is 5.96. The Morgan fingerprint density at radius 1 is 1.40 bits per heavy atom. The molecule has 6 heteroatoms. The predicted molar refractivity (Wildman–Crippen MR) is 72.8 cm³/mol. The molecule has 0 bridgehead atoms. The fraction of sp³-hybridized carbons (Fsp3) is 0.357. The van der Waals surface area contributed by atoms with Gasteiger partial charge in [0.2, 0.25) is 5.83 Å². The molecule has 0 radical (unpaired) electrons. The maximum atomic E-state index is 13.7. The second-order valence-corrected chi connectivity index (χ2v) is 5.29. The molecular weight excluding hydrogens is 265 g/mol. The normalized spacial score (nSPS) is 12.2. The van der Waals surface area contributed by atoms with E-state index in [1.54, 1.807) is 27.7 Å². The van der Waals surface area contributed by atoms with Crippen molar-refractivity contribution in [1.29, 1.82) is 0 Å². The van der Waals surface area contributed by atoms with Gasteiger partial charge in [0.1, 0.15) is 5.60 Å². The number of nitrogens with zero attached hydrogens (tertiary/aromatic N) is 1. The lowest BCUT2D eigenvalue weighted by molar-refractivity contribution is -0.384. The highest BCUT2D eigenvalue weighted by atomic mass is 19.1. The number of hydrogen-bond acceptors (Lipinski definition) is 4. The summed E-state index contributed by atoms with van der Waals surface area (Å²) in [6.45, 7) is 6.53. The van der Waals surface area contributed by atoms with E-state index in [1.165, 1.54) is 18.2 Å². The van der Waals surface area contributed by atoms with Crippen LogP contribution in [-0.2, 0) is 9.53 Å². The quantitative estimate of drug-likeness (QED) is 0.367. The minimum atomic E-state index is -1.09. The van der Waals surface area contributed by atoms with Crippen molar-refractivity contribution < 1.29 is 18.8 Å². The van der Waals surface area contributed by atoms with Crippen LogP contribution in [0.3, 0.4) is 0 Å². The van der Waals surface area contributed by atoms with Crippen molar-refractivity contribution in [2.75, 3.05) is 0 Å². The van der Waals surface area contributed by atoms with Crippen LogP contribution in [0, 0.1) is 17.0 Å². The summed E-state index contributed by atoms with van der Waals surface area (Å²) in [5.41, 5.74) is -0.0873. The predicted octanol–water partition coefficient (Wildman–Crippen LogP) is 3.56. The standard InChI is InChI=1S/C14H16FNO4/c1-9-5-6-11(16(18)19)7-10(9)8-12(15)13(17)20-14(2,3)4/h5-8H,1-4H3. The van der Waals surface area contributed by atoms with Crippen molar-refractivity contribution >= 4 is 17.7 Å². The topological polar surface area (TPSA) is 69.4 Å². The van der Waals surface area contributed by atoms with Gasteiger partial charge < -0.3 is 4.74 Å². The highest BCUT2D eigenvalue weighted by Gasteiger charge is 2.20. The van der Waals surface area contributed by atoms with Crippen LogP contribution in [0.2, 0.25) is 0 Å². The monoisotopic (exact) mass is 281 g/mol. The largest absolute Gasteiger partial charge is 0.455 e. The molecule has 0 fully saturated rings. The third-order valence-corrected chi connectivity index (χ3v) is 2.35. The van der Waals surface area contributed by atoms with Crippen LogP contribution in [0.15, 0.2) is 24.0 Å². The number of rotatable bonds is 3. The SMILES string of the molecule is Cc1ccc([N+](=O)[O-])cc1C=C(F)C(=O)OC(C)(C)C. The molecular formula is C14H16FNO4. The van der Waals surface area contributed by atoms with E-state index in [0.717, 1.165) is 6.08 Å². The number of non-ortho nitro benzene ring substituents is 1. The van der Waals surface area contributed by atoms with Crippen LogP contribution in [0.1, 0.15) is 31.9 Å². The van der Waals surface area contributed by atoms with Crippen molar-refractivity contribution in [1.82, 2.24) is 0 Å². The summed E-state index contributed by atoms with van der Waals surface area (Å²) in [5, 5.41) is 10.7. The molecule has 1 aromatic rings. The summed E-state index contributed by atoms with van der Waals surface area (Å²) >= 11 is 0. The van der Waals surface area contributed by atoms with Gasteiger partial charge in [-0.2, -0.15) is 4.39 Å². The molecule has 0 saturated heterocycles. The molecule has 0 aliphatic carbocycles. The Hall–Kier alpha value is -2.24. The van der Waals surface area contributed by atoms with E-state index < -0.39 is 22.3 Å². The molecule has 0 saturated carbocycles. The first-order valence-corrected chi connectivity index (χ1v) is 5.96. The van der Waals surface area contributed by atoms with E-state index >= 15 is 0 Å². The summed E-state index contributed by atoms with van der Waals surface area (Å²) < 4.78 is 18.6. The molecule has 1 rings (SSSR count). The van der Waals surface area contributed by atoms with Gasteiger partial charge in [-0.25, -0.2) is 4.79 Å². The van der Waals surface area contributed by atoms with Crippen LogP contribution in [0.5, 0.6) is 0 Å². The number of nitro benzene ring substituents is 1. The number of benzene rings is 1. The number of esters is 1. The van der Waals surface area contributed by atoms with Crippen LogP contribution in [0.25, 0.3) is 6.08 Å². The lowest BCUT2D eigenvalue weighted by atomic mass is 10.1. The molecule has 0 unspecified atom stereocenters. The van der Waals surface area contributed by atoms with Crippen molar-refractivity contribution in [2.45, 2.75) is 33.3 Å². The van der Waals surface area contributed by atoms with Gasteiger partial charge in [-0.05, 0) is 44.9 Å². The molecule has 0 atom stereocenters. The van der Waals surface area contributed by atoms with E-state index in [2.05, 4.69) is 0 Å². The van der Waals surface area contributed by atoms with Crippen molar-refractivity contribution in [3.05, 3.63) is 45.3 Å². The van der Waals surface area contributed by atoms with Crippen LogP contribution < -0.4 is 0 Å². The number of carbonyl (C=O) groups excluding carboxylic acids is 1. The molecule has 0 heterocycles. The Morgan fingerprint density at radius 2 is 2.00 bits per heavy atom. The van der Waals surface area contributed by atoms with Gasteiger partial charge in [-0.1, -0.05) is 6.07 Å². The van der Waals surface area contributed by atoms with Crippen molar-refractivity contribution in [3.8, 4) is 0 Å². The molecule has 0 aliphatic heterocycles. The molecule has 1 aromatic carbocycles. The highest BCUT2D eigenvalue weighted by molar-refractivity contribution is 5.91. The number of hydrogen-bond donors (Lipinski definition) is 0. The molecule has 5 nitrogen and oxygen atoms in total. The highest BCUT2D eigenvalue weighted by Crippen LogP contribution is 2.21. The molecule has 0 amide bonds. The fourth-order valence-electron chi connectivity index (χ4n) is 1.42. The number of carbonyl (C=O) groups is 1. The smallest absolute Gasteiger partial charge is 0.367 e. The van der Waals surface area contributed by atoms with Gasteiger partial charge in [0.15, 0.2) is 0 Å². The summed E-state index contributed by atoms with van der Waals surface area (Å²) in [5.74, 6) is -2.19. The van der Waals surface area contributed by atoms with Crippen LogP contribution in [-0.4, -0.2) is 16.5 Å². The zero-order valence-electron chi connectivity index (χ0n) is 11.8. The summed E-state index contributed by atoms with van der Waals surface area (Å²) in [6.07, 6.45) is 0.941. The average Bonchev–Trinajstić information content (AvgIpc) is 2.29. The third kappa shape index (κ3) is 4.46. The Kier molecular flexibility index (Phi) is 4.60. The fourth-order valence-corrected chi connectivity index (χ4v) is 1.42. The molecule has 0 spiro atoms. The Labute approximate surface area is 116 Å². The summed E-state index contributed by atoms with van der Waals surface area (Å²) in [4.78, 5) is 21.6. The van der Waals surface area contributed by atoms with Gasteiger partial charge >= 0.3 is 5.97 Å². The zero-order valence-corrected chi connectivity index (χ0v) is 11.8. The summed E-state index contributed by atoms with van der Waals surface area (Å²) in [6, 6.07) is 4.02. The first kappa shape index (κ1) is 15.8. The number of nitro groups is 1. The Bertz CT molecular complexity index is 573. The molecule has 20 heavy (non-hydrogen) atoms. The van der Waals surface area contributed by atoms with E-state index in [4.69, 9.17) is 4.74 Å². The van der Waals surface area contributed by atoms with Gasteiger partial charge in [-0.3, -0.25) is 10.1 Å². The van der Waals surface area contributed by atoms with Gasteiger partial charge in [0.05, 0.1) is 4.92 Å². The minimum Gasteiger partial charge on any atom is -0.455 e. The van der Waals surface area contributed by atoms with E-state index in [1.807, 2.05) is 0 Å². The number of aryl methyl sites for hydroxylation is 1. The van der Waals surface area contributed by atoms with Gasteiger partial charge in [0.25, 0.3) is 5.69 Å². The molecule has 0 N–H and O–H groups in total. The maximum Gasteiger partial charge on any atom is 0.367 e. The summed E-state index contributed by atoms with van der Waals surface area (Å²) in [7, 11) is 0. The molecule has 108 valence electrons.